The largest absolute Gasteiger partial charge is 0.469 e. The molecule has 0 fully saturated rings. The lowest BCUT2D eigenvalue weighted by molar-refractivity contribution is -0.140. The van der Waals surface area contributed by atoms with Crippen LogP contribution in [0.3, 0.4) is 0 Å². The predicted octanol–water partition coefficient (Wildman–Crippen LogP) is 3.75. The van der Waals surface area contributed by atoms with Crippen LogP contribution in [-0.4, -0.2) is 34.0 Å². The Morgan fingerprint density at radius 2 is 1.69 bits per heavy atom. The summed E-state index contributed by atoms with van der Waals surface area (Å²) in [5.74, 6) is -0.279. The molecular weight excluding hydrogens is 370 g/mol. The number of rotatable bonds is 5. The van der Waals surface area contributed by atoms with Crippen LogP contribution in [0, 0.1) is 0 Å². The predicted molar refractivity (Wildman–Crippen MR) is 109 cm³/mol. The van der Waals surface area contributed by atoms with Gasteiger partial charge in [-0.25, -0.2) is 0 Å². The molecule has 0 spiro atoms. The van der Waals surface area contributed by atoms with E-state index in [-0.39, 0.29) is 17.8 Å². The Bertz CT molecular complexity index is 1030. The van der Waals surface area contributed by atoms with Crippen molar-refractivity contribution in [1.29, 1.82) is 0 Å². The highest BCUT2D eigenvalue weighted by molar-refractivity contribution is 5.75. The molecule has 0 aliphatic carbocycles. The Morgan fingerprint density at radius 1 is 1.07 bits per heavy atom. The van der Waals surface area contributed by atoms with Gasteiger partial charge in [0.15, 0.2) is 5.75 Å². The molecule has 152 valence electrons. The summed E-state index contributed by atoms with van der Waals surface area (Å²) in [5.41, 5.74) is 3.47. The van der Waals surface area contributed by atoms with Crippen LogP contribution in [0.25, 0.3) is 16.7 Å². The van der Waals surface area contributed by atoms with Crippen molar-refractivity contribution in [1.82, 2.24) is 15.0 Å². The Kier molecular flexibility index (Phi) is 5.68. The summed E-state index contributed by atoms with van der Waals surface area (Å²) in [4.78, 5) is 25.0. The Hall–Kier alpha value is -3.22. The van der Waals surface area contributed by atoms with Crippen LogP contribution in [0.5, 0.6) is 5.75 Å². The van der Waals surface area contributed by atoms with E-state index in [0.29, 0.717) is 17.9 Å². The third-order valence-corrected chi connectivity index (χ3v) is 4.53. The molecule has 0 bridgehead atoms. The minimum atomic E-state index is -0.421. The van der Waals surface area contributed by atoms with Gasteiger partial charge in [0.25, 0.3) is 0 Å². The van der Waals surface area contributed by atoms with E-state index < -0.39 is 5.97 Å². The summed E-state index contributed by atoms with van der Waals surface area (Å²) < 4.78 is 10.4. The number of esters is 2. The monoisotopic (exact) mass is 395 g/mol. The summed E-state index contributed by atoms with van der Waals surface area (Å²) in [6.07, 6.45) is 0.741. The molecule has 1 heterocycles. The number of carbonyl (C=O) groups excluding carboxylic acids is 2. The van der Waals surface area contributed by atoms with Crippen LogP contribution in [0.15, 0.2) is 36.4 Å². The van der Waals surface area contributed by atoms with Crippen molar-refractivity contribution in [2.45, 2.75) is 46.0 Å². The zero-order valence-corrected chi connectivity index (χ0v) is 17.4. The fourth-order valence-corrected chi connectivity index (χ4v) is 3.09. The molecule has 3 rings (SSSR count). The first-order valence-electron chi connectivity index (χ1n) is 9.44. The maximum atomic E-state index is 11.9. The highest BCUT2D eigenvalue weighted by Crippen LogP contribution is 2.37. The van der Waals surface area contributed by atoms with Crippen molar-refractivity contribution >= 4 is 23.0 Å². The van der Waals surface area contributed by atoms with E-state index in [9.17, 15) is 9.59 Å². The van der Waals surface area contributed by atoms with Crippen LogP contribution >= 0.6 is 0 Å². The fraction of sp³-hybridized carbons (Fsp3) is 0.364. The second-order valence-corrected chi connectivity index (χ2v) is 7.89. The highest BCUT2D eigenvalue weighted by Gasteiger charge is 2.26. The standard InChI is InChI=1S/C22H25N3O4/c1-14(26)29-21-16(22(2,3)4)12-15(10-11-20(27)28-5)13-19(21)25-23-17-8-6-7-9-18(17)24-25/h6-9,12-13H,10-11H2,1-5H3. The molecule has 0 N–H and O–H groups in total. The summed E-state index contributed by atoms with van der Waals surface area (Å²) in [5, 5.41) is 9.10. The lowest BCUT2D eigenvalue weighted by atomic mass is 9.84. The first-order valence-corrected chi connectivity index (χ1v) is 9.44. The second-order valence-electron chi connectivity index (χ2n) is 7.89. The van der Waals surface area contributed by atoms with Gasteiger partial charge in [0.2, 0.25) is 0 Å². The summed E-state index contributed by atoms with van der Waals surface area (Å²) >= 11 is 0. The van der Waals surface area contributed by atoms with E-state index in [4.69, 9.17) is 9.47 Å². The number of fused-ring (bicyclic) bond motifs is 1. The van der Waals surface area contributed by atoms with Gasteiger partial charge in [-0.15, -0.1) is 15.0 Å². The Labute approximate surface area is 169 Å². The number of hydrogen-bond donors (Lipinski definition) is 0. The summed E-state index contributed by atoms with van der Waals surface area (Å²) in [7, 11) is 1.37. The van der Waals surface area contributed by atoms with Crippen molar-refractivity contribution < 1.29 is 19.1 Å². The zero-order chi connectivity index (χ0) is 21.2. The maximum absolute atomic E-state index is 11.9. The van der Waals surface area contributed by atoms with Crippen LogP contribution in [0.2, 0.25) is 0 Å². The summed E-state index contributed by atoms with van der Waals surface area (Å²) in [6, 6.07) is 11.3. The van der Waals surface area contributed by atoms with Gasteiger partial charge in [-0.05, 0) is 35.6 Å². The van der Waals surface area contributed by atoms with Crippen molar-refractivity contribution in [3.63, 3.8) is 0 Å². The van der Waals surface area contributed by atoms with Crippen molar-refractivity contribution in [3.05, 3.63) is 47.5 Å². The Morgan fingerprint density at radius 3 is 2.21 bits per heavy atom. The molecule has 1 aromatic heterocycles. The van der Waals surface area contributed by atoms with E-state index in [1.807, 2.05) is 57.2 Å². The molecule has 0 radical (unpaired) electrons. The molecule has 29 heavy (non-hydrogen) atoms. The molecule has 0 unspecified atom stereocenters. The van der Waals surface area contributed by atoms with Gasteiger partial charge in [0, 0.05) is 18.9 Å². The van der Waals surface area contributed by atoms with E-state index in [1.54, 1.807) is 0 Å². The van der Waals surface area contributed by atoms with Crippen LogP contribution in [-0.2, 0) is 26.2 Å². The smallest absolute Gasteiger partial charge is 0.308 e. The van der Waals surface area contributed by atoms with E-state index >= 15 is 0 Å². The van der Waals surface area contributed by atoms with Gasteiger partial charge < -0.3 is 9.47 Å². The number of nitrogens with zero attached hydrogens (tertiary/aromatic N) is 3. The number of carbonyl (C=O) groups is 2. The lowest BCUT2D eigenvalue weighted by Crippen LogP contribution is -2.18. The average molecular weight is 395 g/mol. The van der Waals surface area contributed by atoms with Crippen LogP contribution < -0.4 is 4.74 Å². The molecule has 2 aromatic carbocycles. The minimum Gasteiger partial charge on any atom is -0.469 e. The first kappa shape index (κ1) is 20.5. The molecule has 7 heteroatoms. The molecule has 0 aliphatic rings. The molecule has 0 saturated carbocycles. The van der Waals surface area contributed by atoms with Gasteiger partial charge in [-0.2, -0.15) is 0 Å². The van der Waals surface area contributed by atoms with Gasteiger partial charge in [-0.1, -0.05) is 39.0 Å². The second kappa shape index (κ2) is 8.03. The molecule has 0 atom stereocenters. The van der Waals surface area contributed by atoms with Crippen LogP contribution in [0.1, 0.15) is 45.2 Å². The highest BCUT2D eigenvalue weighted by atomic mass is 16.5. The van der Waals surface area contributed by atoms with Crippen molar-refractivity contribution in [2.24, 2.45) is 0 Å². The molecule has 0 saturated heterocycles. The number of benzene rings is 2. The van der Waals surface area contributed by atoms with Gasteiger partial charge in [-0.3, -0.25) is 9.59 Å². The van der Waals surface area contributed by atoms with Crippen LogP contribution in [0.4, 0.5) is 0 Å². The number of ether oxygens (including phenoxy) is 2. The van der Waals surface area contributed by atoms with Gasteiger partial charge in [0.05, 0.1) is 7.11 Å². The maximum Gasteiger partial charge on any atom is 0.308 e. The fourth-order valence-electron chi connectivity index (χ4n) is 3.09. The third kappa shape index (κ3) is 4.62. The van der Waals surface area contributed by atoms with Gasteiger partial charge in [0.1, 0.15) is 16.7 Å². The first-order chi connectivity index (χ1) is 13.7. The Balaban J connectivity index is 2.21. The normalized spacial score (nSPS) is 11.5. The van der Waals surface area contributed by atoms with E-state index in [0.717, 1.165) is 22.2 Å². The molecule has 7 nitrogen and oxygen atoms in total. The summed E-state index contributed by atoms with van der Waals surface area (Å²) in [6.45, 7) is 7.48. The molecular formula is C22H25N3O4. The number of aromatic nitrogens is 3. The van der Waals surface area contributed by atoms with Crippen molar-refractivity contribution in [3.8, 4) is 11.4 Å². The van der Waals surface area contributed by atoms with Gasteiger partial charge >= 0.3 is 11.9 Å². The molecule has 0 amide bonds. The quantitative estimate of drug-likeness (QED) is 0.483. The third-order valence-electron chi connectivity index (χ3n) is 4.53. The lowest BCUT2D eigenvalue weighted by Gasteiger charge is -2.25. The van der Waals surface area contributed by atoms with E-state index in [2.05, 4.69) is 10.2 Å². The van der Waals surface area contributed by atoms with E-state index in [1.165, 1.54) is 18.8 Å². The number of aryl methyl sites for hydroxylation is 1. The van der Waals surface area contributed by atoms with Crippen molar-refractivity contribution in [2.75, 3.05) is 7.11 Å². The topological polar surface area (TPSA) is 83.3 Å². The molecule has 3 aromatic rings. The minimum absolute atomic E-state index is 0.251. The number of methoxy groups -OCH3 is 1. The zero-order valence-electron chi connectivity index (χ0n) is 17.4. The number of hydrogen-bond acceptors (Lipinski definition) is 6. The average Bonchev–Trinajstić information content (AvgIpc) is 3.09. The SMILES string of the molecule is COC(=O)CCc1cc(-n2nc3ccccc3n2)c(OC(C)=O)c(C(C)(C)C)c1. The molecule has 0 aliphatic heterocycles.